The van der Waals surface area contributed by atoms with Gasteiger partial charge in [-0.3, -0.25) is 24.1 Å². The standard InChI is InChI=1S/C37H59N2O6P/c1-6-13-28(36(44)31(40)18-19-34(43)38-35(33(42)24-46)27-16-11-8-12-17-27)20-32(41)30-21-29(45-37(3,4)5)23-39(30)22-25(2)26-14-9-7-10-15-26/h8,11-12,16-17,25-26,28-30,35-36,44H,6-7,9-10,13-15,18-24,46H2,1-5H3,(H,38,43)/t25-,28?,29-,30+,35+,36?/m1/s1. The maximum absolute atomic E-state index is 13.9. The quantitative estimate of drug-likeness (QED) is 0.190. The molecule has 0 aromatic heterocycles. The molecule has 0 radical (unpaired) electrons. The Balaban J connectivity index is 1.62. The topological polar surface area (TPSA) is 113 Å². The number of hydrogen-bond donors (Lipinski definition) is 2. The highest BCUT2D eigenvalue weighted by atomic mass is 31.0. The third-order valence-corrected chi connectivity index (χ3v) is 10.1. The number of aliphatic hydroxyl groups excluding tert-OH is 1. The zero-order valence-corrected chi connectivity index (χ0v) is 30.0. The van der Waals surface area contributed by atoms with Gasteiger partial charge in [-0.2, -0.15) is 0 Å². The van der Waals surface area contributed by atoms with Gasteiger partial charge in [0, 0.05) is 38.5 Å². The number of amides is 1. The van der Waals surface area contributed by atoms with E-state index in [2.05, 4.69) is 26.4 Å². The van der Waals surface area contributed by atoms with Gasteiger partial charge in [0.15, 0.2) is 11.6 Å². The SMILES string of the molecule is CCCC(CC(=O)[C@@H]1C[C@@H](OC(C)(C)C)CN1C[C@@H](C)C1CCCCC1)C(O)C(=O)CCC(=O)N[C@H](C(=O)CP)c1ccccc1. The third kappa shape index (κ3) is 11.9. The van der Waals surface area contributed by atoms with Crippen molar-refractivity contribution >= 4 is 32.5 Å². The number of carbonyl (C=O) groups excluding carboxylic acids is 4. The second-order valence-electron chi connectivity index (χ2n) is 14.6. The van der Waals surface area contributed by atoms with Crippen LogP contribution in [0.5, 0.6) is 0 Å². The monoisotopic (exact) mass is 658 g/mol. The summed E-state index contributed by atoms with van der Waals surface area (Å²) in [7, 11) is 2.39. The minimum absolute atomic E-state index is 0.0416. The van der Waals surface area contributed by atoms with Crippen LogP contribution in [0.1, 0.15) is 117 Å². The molecule has 1 amide bonds. The number of ketones is 3. The Hall–Kier alpha value is -1.99. The second-order valence-corrected chi connectivity index (χ2v) is 15.1. The van der Waals surface area contributed by atoms with E-state index in [1.165, 1.54) is 32.1 Å². The van der Waals surface area contributed by atoms with E-state index in [1.807, 2.05) is 33.8 Å². The number of rotatable bonds is 18. The summed E-state index contributed by atoms with van der Waals surface area (Å²) >= 11 is 0. The van der Waals surface area contributed by atoms with Crippen LogP contribution >= 0.6 is 9.24 Å². The normalized spacial score (nSPS) is 22.2. The predicted molar refractivity (Wildman–Crippen MR) is 186 cm³/mol. The lowest BCUT2D eigenvalue weighted by atomic mass is 9.80. The molecule has 1 aromatic carbocycles. The van der Waals surface area contributed by atoms with Crippen LogP contribution in [0.15, 0.2) is 30.3 Å². The first-order valence-electron chi connectivity index (χ1n) is 17.5. The lowest BCUT2D eigenvalue weighted by Crippen LogP contribution is -2.42. The number of ether oxygens (including phenoxy) is 1. The Kier molecular flexibility index (Phi) is 15.5. The zero-order valence-electron chi connectivity index (χ0n) is 28.8. The van der Waals surface area contributed by atoms with E-state index in [1.54, 1.807) is 24.3 Å². The number of carbonyl (C=O) groups is 4. The summed E-state index contributed by atoms with van der Waals surface area (Å²) in [6.45, 7) is 12.0. The fourth-order valence-electron chi connectivity index (χ4n) is 7.34. The lowest BCUT2D eigenvalue weighted by molar-refractivity contribution is -0.134. The first kappa shape index (κ1) is 38.5. The molecule has 1 saturated carbocycles. The molecule has 1 aliphatic carbocycles. The molecule has 3 unspecified atom stereocenters. The van der Waals surface area contributed by atoms with Crippen molar-refractivity contribution < 1.29 is 29.0 Å². The fourth-order valence-corrected chi connectivity index (χ4v) is 7.57. The number of nitrogens with zero attached hydrogens (tertiary/aromatic N) is 1. The minimum Gasteiger partial charge on any atom is -0.385 e. The van der Waals surface area contributed by atoms with Crippen LogP contribution in [0.25, 0.3) is 0 Å². The summed E-state index contributed by atoms with van der Waals surface area (Å²) in [5.74, 6) is -0.313. The van der Waals surface area contributed by atoms with Crippen molar-refractivity contribution in [2.45, 2.75) is 135 Å². The molecule has 2 N–H and O–H groups in total. The maximum Gasteiger partial charge on any atom is 0.221 e. The maximum atomic E-state index is 13.9. The van der Waals surface area contributed by atoms with E-state index in [0.717, 1.165) is 13.0 Å². The Labute approximate surface area is 279 Å². The molecule has 1 saturated heterocycles. The number of likely N-dealkylation sites (tertiary alicyclic amines) is 1. The van der Waals surface area contributed by atoms with Gasteiger partial charge < -0.3 is 15.2 Å². The highest BCUT2D eigenvalue weighted by Gasteiger charge is 2.41. The summed E-state index contributed by atoms with van der Waals surface area (Å²) in [6.07, 6.45) is 6.89. The van der Waals surface area contributed by atoms with Crippen LogP contribution in [0.2, 0.25) is 0 Å². The van der Waals surface area contributed by atoms with E-state index < -0.39 is 29.8 Å². The summed E-state index contributed by atoms with van der Waals surface area (Å²) in [5.41, 5.74) is 0.368. The Morgan fingerprint density at radius 1 is 1.04 bits per heavy atom. The lowest BCUT2D eigenvalue weighted by Gasteiger charge is -2.33. The van der Waals surface area contributed by atoms with Crippen LogP contribution in [-0.2, 0) is 23.9 Å². The van der Waals surface area contributed by atoms with E-state index in [-0.39, 0.29) is 54.7 Å². The van der Waals surface area contributed by atoms with Crippen molar-refractivity contribution in [1.82, 2.24) is 10.2 Å². The van der Waals surface area contributed by atoms with Crippen LogP contribution in [-0.4, -0.2) is 76.4 Å². The number of Topliss-reactive ketones (excluding diaryl/α,β-unsaturated/α-hetero) is 3. The summed E-state index contributed by atoms with van der Waals surface area (Å²) in [5, 5.41) is 13.9. The number of hydrogen-bond acceptors (Lipinski definition) is 7. The van der Waals surface area contributed by atoms with Crippen LogP contribution in [0.4, 0.5) is 0 Å². The number of aliphatic hydroxyl groups is 1. The molecule has 0 bridgehead atoms. The molecule has 46 heavy (non-hydrogen) atoms. The van der Waals surface area contributed by atoms with E-state index >= 15 is 0 Å². The average Bonchev–Trinajstić information content (AvgIpc) is 3.42. The van der Waals surface area contributed by atoms with Gasteiger partial charge in [-0.25, -0.2) is 0 Å². The molecule has 258 valence electrons. The summed E-state index contributed by atoms with van der Waals surface area (Å²) in [6, 6.07) is 7.92. The van der Waals surface area contributed by atoms with Crippen molar-refractivity contribution in [3.8, 4) is 0 Å². The van der Waals surface area contributed by atoms with Gasteiger partial charge >= 0.3 is 0 Å². The van der Waals surface area contributed by atoms with E-state index in [0.29, 0.717) is 36.8 Å². The molecule has 8 nitrogen and oxygen atoms in total. The van der Waals surface area contributed by atoms with E-state index in [4.69, 9.17) is 4.74 Å². The molecular formula is C37H59N2O6P. The van der Waals surface area contributed by atoms with Crippen LogP contribution < -0.4 is 5.32 Å². The largest absolute Gasteiger partial charge is 0.385 e. The molecule has 1 aromatic rings. The van der Waals surface area contributed by atoms with Crippen LogP contribution in [0.3, 0.4) is 0 Å². The molecule has 1 heterocycles. The molecule has 1 aliphatic heterocycles. The zero-order chi connectivity index (χ0) is 33.9. The van der Waals surface area contributed by atoms with Gasteiger partial charge in [-0.15, -0.1) is 9.24 Å². The smallest absolute Gasteiger partial charge is 0.221 e. The van der Waals surface area contributed by atoms with Crippen molar-refractivity contribution in [2.24, 2.45) is 17.8 Å². The summed E-state index contributed by atoms with van der Waals surface area (Å²) < 4.78 is 6.35. The highest BCUT2D eigenvalue weighted by Crippen LogP contribution is 2.34. The molecule has 0 spiro atoms. The molecule has 9 heteroatoms. The van der Waals surface area contributed by atoms with Crippen molar-refractivity contribution in [2.75, 3.05) is 19.3 Å². The highest BCUT2D eigenvalue weighted by molar-refractivity contribution is 7.18. The van der Waals surface area contributed by atoms with Gasteiger partial charge in [-0.1, -0.05) is 82.7 Å². The van der Waals surface area contributed by atoms with Gasteiger partial charge in [-0.05, 0) is 56.9 Å². The first-order valence-corrected chi connectivity index (χ1v) is 18.4. The number of benzene rings is 1. The molecule has 2 aliphatic rings. The Morgan fingerprint density at radius 2 is 1.72 bits per heavy atom. The Bertz CT molecular complexity index is 1130. The average molecular weight is 659 g/mol. The predicted octanol–water partition coefficient (Wildman–Crippen LogP) is 5.85. The van der Waals surface area contributed by atoms with Crippen molar-refractivity contribution in [3.05, 3.63) is 35.9 Å². The van der Waals surface area contributed by atoms with Gasteiger partial charge in [0.2, 0.25) is 5.91 Å². The Morgan fingerprint density at radius 3 is 2.33 bits per heavy atom. The van der Waals surface area contributed by atoms with Gasteiger partial charge in [0.05, 0.1) is 17.7 Å². The second kappa shape index (κ2) is 18.5. The van der Waals surface area contributed by atoms with Crippen molar-refractivity contribution in [1.29, 1.82) is 0 Å². The third-order valence-electron chi connectivity index (χ3n) is 9.69. The molecule has 2 fully saturated rings. The fraction of sp³-hybridized carbons (Fsp3) is 0.730. The van der Waals surface area contributed by atoms with Gasteiger partial charge in [0.25, 0.3) is 0 Å². The number of nitrogens with one attached hydrogen (secondary N) is 1. The first-order chi connectivity index (χ1) is 21.8. The van der Waals surface area contributed by atoms with Crippen molar-refractivity contribution in [3.63, 3.8) is 0 Å². The van der Waals surface area contributed by atoms with Crippen LogP contribution in [0, 0.1) is 17.8 Å². The van der Waals surface area contributed by atoms with E-state index in [9.17, 15) is 24.3 Å². The molecular weight excluding hydrogens is 599 g/mol. The summed E-state index contributed by atoms with van der Waals surface area (Å²) in [4.78, 5) is 54.7. The molecule has 3 rings (SSSR count). The minimum atomic E-state index is -1.33. The molecule has 7 atom stereocenters. The van der Waals surface area contributed by atoms with Gasteiger partial charge in [0.1, 0.15) is 17.9 Å².